The number of unbranched alkanes of at least 4 members (excludes halogenated alkanes) is 3. The van der Waals surface area contributed by atoms with Crippen LogP contribution in [0, 0.1) is 5.92 Å². The molecule has 2 heteroatoms. The number of benzene rings is 1. The topological polar surface area (TPSA) is 18.5 Å². The maximum absolute atomic E-state index is 6.15. The Bertz CT molecular complexity index is 514. The van der Waals surface area contributed by atoms with E-state index in [2.05, 4.69) is 38.1 Å². The van der Waals surface area contributed by atoms with Gasteiger partial charge in [-0.2, -0.15) is 0 Å². The largest absolute Gasteiger partial charge is 0.373 e. The Morgan fingerprint density at radius 3 is 2.26 bits per heavy atom. The molecule has 1 aromatic rings. The van der Waals surface area contributed by atoms with Gasteiger partial charge in [-0.3, -0.25) is 0 Å². The molecule has 0 radical (unpaired) electrons. The lowest BCUT2D eigenvalue weighted by molar-refractivity contribution is -0.137. The fraction of sp³-hybridized carbons (Fsp3) is 0.760. The van der Waals surface area contributed by atoms with Gasteiger partial charge in [-0.25, -0.2) is 0 Å². The minimum Gasteiger partial charge on any atom is -0.373 e. The molecule has 0 amide bonds. The molecule has 1 saturated carbocycles. The molecular weight excluding hydrogens is 332 g/mol. The van der Waals surface area contributed by atoms with Crippen molar-refractivity contribution in [3.8, 4) is 0 Å². The van der Waals surface area contributed by atoms with Crippen LogP contribution < -0.4 is 0 Å². The highest BCUT2D eigenvalue weighted by Gasteiger charge is 2.27. The summed E-state index contributed by atoms with van der Waals surface area (Å²) in [6.07, 6.45) is 15.1. The number of hydrogen-bond acceptors (Lipinski definition) is 2. The van der Waals surface area contributed by atoms with E-state index in [-0.39, 0.29) is 6.10 Å². The number of hydrogen-bond donors (Lipinski definition) is 0. The molecule has 0 spiro atoms. The van der Waals surface area contributed by atoms with Crippen molar-refractivity contribution < 1.29 is 9.47 Å². The first kappa shape index (κ1) is 20.9. The van der Waals surface area contributed by atoms with Gasteiger partial charge < -0.3 is 9.47 Å². The second-order valence-corrected chi connectivity index (χ2v) is 8.73. The average Bonchev–Trinajstić information content (AvgIpc) is 2.73. The Morgan fingerprint density at radius 1 is 0.778 bits per heavy atom. The predicted molar refractivity (Wildman–Crippen MR) is 113 cm³/mol. The van der Waals surface area contributed by atoms with E-state index in [1.54, 1.807) is 5.56 Å². The van der Waals surface area contributed by atoms with Crippen LogP contribution >= 0.6 is 0 Å². The summed E-state index contributed by atoms with van der Waals surface area (Å²) in [7, 11) is 0. The van der Waals surface area contributed by atoms with Gasteiger partial charge in [0.2, 0.25) is 0 Å². The van der Waals surface area contributed by atoms with Gasteiger partial charge in [-0.15, -0.1) is 0 Å². The Labute approximate surface area is 167 Å². The molecule has 2 nitrogen and oxygen atoms in total. The molecule has 0 unspecified atom stereocenters. The van der Waals surface area contributed by atoms with E-state index in [0.29, 0.717) is 12.7 Å². The molecule has 1 aromatic carbocycles. The summed E-state index contributed by atoms with van der Waals surface area (Å²) in [5, 5.41) is 0. The molecular formula is C25H40O2. The van der Waals surface area contributed by atoms with E-state index in [9.17, 15) is 0 Å². The molecule has 1 aliphatic heterocycles. The Hall–Kier alpha value is -0.860. The van der Waals surface area contributed by atoms with E-state index in [1.807, 2.05) is 0 Å². The van der Waals surface area contributed by atoms with E-state index >= 15 is 0 Å². The predicted octanol–water partition coefficient (Wildman–Crippen LogP) is 7.19. The van der Waals surface area contributed by atoms with Gasteiger partial charge in [0.15, 0.2) is 0 Å². The highest BCUT2D eigenvalue weighted by atomic mass is 16.6. The first-order valence-corrected chi connectivity index (χ1v) is 11.6. The summed E-state index contributed by atoms with van der Waals surface area (Å²) in [5.74, 6) is 1.65. The zero-order valence-corrected chi connectivity index (χ0v) is 17.6. The fourth-order valence-corrected chi connectivity index (χ4v) is 5.02. The standard InChI is InChI=1S/C25H40O2/c1-3-5-6-7-12-23-18-27-25(19-26-23)22-16-14-21(15-17-22)24-13-9-8-11-20(24)10-4-2/h14-17,20,23-25H,3-13,18-19H2,1-2H3/t20-,23+,24-,25+/m1/s1. The monoisotopic (exact) mass is 372 g/mol. The maximum Gasteiger partial charge on any atom is 0.106 e. The minimum absolute atomic E-state index is 0.115. The van der Waals surface area contributed by atoms with Crippen molar-refractivity contribution in [2.75, 3.05) is 13.2 Å². The SMILES string of the molecule is CCCCCC[C@H]1CO[C@H](c2ccc([C@@H]3CCCC[C@H]3CCC)cc2)CO1. The zero-order valence-electron chi connectivity index (χ0n) is 17.6. The van der Waals surface area contributed by atoms with Crippen LogP contribution in [0.25, 0.3) is 0 Å². The van der Waals surface area contributed by atoms with Crippen LogP contribution in [0.2, 0.25) is 0 Å². The van der Waals surface area contributed by atoms with Crippen LogP contribution in [0.1, 0.15) is 108 Å². The number of rotatable bonds is 9. The summed E-state index contributed by atoms with van der Waals surface area (Å²) < 4.78 is 12.2. The molecule has 3 rings (SSSR count). The Balaban J connectivity index is 1.49. The van der Waals surface area contributed by atoms with Crippen LogP contribution in [0.4, 0.5) is 0 Å². The molecule has 0 N–H and O–H groups in total. The molecule has 152 valence electrons. The fourth-order valence-electron chi connectivity index (χ4n) is 5.02. The van der Waals surface area contributed by atoms with Crippen molar-refractivity contribution in [2.24, 2.45) is 5.92 Å². The molecule has 2 fully saturated rings. The molecule has 0 aromatic heterocycles. The zero-order chi connectivity index (χ0) is 18.9. The van der Waals surface area contributed by atoms with Crippen molar-refractivity contribution in [1.82, 2.24) is 0 Å². The minimum atomic E-state index is 0.115. The van der Waals surface area contributed by atoms with E-state index in [4.69, 9.17) is 9.47 Å². The van der Waals surface area contributed by atoms with E-state index in [1.165, 1.54) is 69.8 Å². The first-order valence-electron chi connectivity index (χ1n) is 11.6. The molecule has 0 bridgehead atoms. The lowest BCUT2D eigenvalue weighted by atomic mass is 9.73. The molecule has 2 aliphatic rings. The van der Waals surface area contributed by atoms with Crippen molar-refractivity contribution in [1.29, 1.82) is 0 Å². The van der Waals surface area contributed by atoms with Crippen LogP contribution in [0.5, 0.6) is 0 Å². The maximum atomic E-state index is 6.15. The molecule has 4 atom stereocenters. The number of ether oxygens (including phenoxy) is 2. The van der Waals surface area contributed by atoms with Crippen LogP contribution in [0.3, 0.4) is 0 Å². The second kappa shape index (κ2) is 11.2. The van der Waals surface area contributed by atoms with Gasteiger partial charge in [-0.05, 0) is 42.2 Å². The highest BCUT2D eigenvalue weighted by Crippen LogP contribution is 2.40. The van der Waals surface area contributed by atoms with Gasteiger partial charge in [-0.1, -0.05) is 89.5 Å². The van der Waals surface area contributed by atoms with E-state index in [0.717, 1.165) is 24.9 Å². The molecule has 1 aliphatic carbocycles. The average molecular weight is 373 g/mol. The quantitative estimate of drug-likeness (QED) is 0.427. The van der Waals surface area contributed by atoms with Gasteiger partial charge in [0, 0.05) is 0 Å². The summed E-state index contributed by atoms with van der Waals surface area (Å²) >= 11 is 0. The van der Waals surface area contributed by atoms with Crippen molar-refractivity contribution >= 4 is 0 Å². The van der Waals surface area contributed by atoms with Crippen LogP contribution in [-0.4, -0.2) is 19.3 Å². The third kappa shape index (κ3) is 6.06. The van der Waals surface area contributed by atoms with E-state index < -0.39 is 0 Å². The van der Waals surface area contributed by atoms with Gasteiger partial charge in [0.1, 0.15) is 6.10 Å². The summed E-state index contributed by atoms with van der Waals surface area (Å²) in [4.78, 5) is 0. The summed E-state index contributed by atoms with van der Waals surface area (Å²) in [5.41, 5.74) is 2.83. The lowest BCUT2D eigenvalue weighted by Crippen LogP contribution is -2.31. The van der Waals surface area contributed by atoms with Crippen LogP contribution in [0.15, 0.2) is 24.3 Å². The smallest absolute Gasteiger partial charge is 0.106 e. The lowest BCUT2D eigenvalue weighted by Gasteiger charge is -2.33. The summed E-state index contributed by atoms with van der Waals surface area (Å²) in [6.45, 7) is 6.04. The van der Waals surface area contributed by atoms with Gasteiger partial charge >= 0.3 is 0 Å². The highest BCUT2D eigenvalue weighted by molar-refractivity contribution is 5.28. The Morgan fingerprint density at radius 2 is 1.56 bits per heavy atom. The first-order chi connectivity index (χ1) is 13.3. The van der Waals surface area contributed by atoms with Gasteiger partial charge in [0.25, 0.3) is 0 Å². The normalized spacial score (nSPS) is 29.0. The van der Waals surface area contributed by atoms with Crippen molar-refractivity contribution in [3.05, 3.63) is 35.4 Å². The van der Waals surface area contributed by atoms with Gasteiger partial charge in [0.05, 0.1) is 19.3 Å². The molecule has 1 saturated heterocycles. The van der Waals surface area contributed by atoms with Crippen molar-refractivity contribution in [3.63, 3.8) is 0 Å². The van der Waals surface area contributed by atoms with Crippen LogP contribution in [-0.2, 0) is 9.47 Å². The second-order valence-electron chi connectivity index (χ2n) is 8.73. The summed E-state index contributed by atoms with van der Waals surface area (Å²) in [6, 6.07) is 9.33. The molecule has 27 heavy (non-hydrogen) atoms. The Kier molecular flexibility index (Phi) is 8.67. The van der Waals surface area contributed by atoms with Crippen molar-refractivity contribution in [2.45, 2.75) is 103 Å². The third-order valence-electron chi connectivity index (χ3n) is 6.65. The third-order valence-corrected chi connectivity index (χ3v) is 6.65. The molecule has 1 heterocycles.